The van der Waals surface area contributed by atoms with Gasteiger partial charge in [0.15, 0.2) is 0 Å². The van der Waals surface area contributed by atoms with E-state index in [4.69, 9.17) is 10.8 Å². The molecule has 0 saturated carbocycles. The average molecular weight is 282 g/mol. The van der Waals surface area contributed by atoms with Crippen molar-refractivity contribution in [1.29, 1.82) is 0 Å². The van der Waals surface area contributed by atoms with E-state index >= 15 is 0 Å². The van der Waals surface area contributed by atoms with Gasteiger partial charge in [-0.2, -0.15) is 4.98 Å². The molecule has 0 spiro atoms. The molecule has 1 aliphatic heterocycles. The maximum atomic E-state index is 11.2. The third-order valence-corrected chi connectivity index (χ3v) is 3.33. The number of aryl methyl sites for hydroxylation is 1. The first-order chi connectivity index (χ1) is 9.52. The van der Waals surface area contributed by atoms with Gasteiger partial charge in [0.05, 0.1) is 11.5 Å². The zero-order chi connectivity index (χ0) is 14.7. The summed E-state index contributed by atoms with van der Waals surface area (Å²) < 4.78 is 0. The van der Waals surface area contributed by atoms with Gasteiger partial charge < -0.3 is 15.7 Å². The molecule has 1 aromatic rings. The van der Waals surface area contributed by atoms with Crippen LogP contribution in [-0.4, -0.2) is 64.2 Å². The van der Waals surface area contributed by atoms with Crippen molar-refractivity contribution in [3.8, 4) is 0 Å². The summed E-state index contributed by atoms with van der Waals surface area (Å²) in [5.41, 5.74) is 5.78. The molecule has 1 aromatic heterocycles. The van der Waals surface area contributed by atoms with E-state index in [1.807, 2.05) is 4.90 Å². The molecule has 0 amide bonds. The third kappa shape index (κ3) is 2.94. The van der Waals surface area contributed by atoms with Crippen molar-refractivity contribution >= 4 is 17.5 Å². The standard InChI is InChI=1S/C11H18N6O3/c1-8-9(17(19)20)10(14-11(12)13-8)16-4-2-15(3-5-16)6-7-18/h18H,2-7H2,1H3,(H2,12,13,14). The van der Waals surface area contributed by atoms with E-state index in [1.165, 1.54) is 0 Å². The molecule has 0 bridgehead atoms. The van der Waals surface area contributed by atoms with Crippen LogP contribution >= 0.6 is 0 Å². The minimum absolute atomic E-state index is 0.0425. The number of hydrogen-bond donors (Lipinski definition) is 2. The van der Waals surface area contributed by atoms with Crippen molar-refractivity contribution in [3.63, 3.8) is 0 Å². The molecule has 2 rings (SSSR count). The largest absolute Gasteiger partial charge is 0.395 e. The van der Waals surface area contributed by atoms with Crippen molar-refractivity contribution in [1.82, 2.24) is 14.9 Å². The van der Waals surface area contributed by atoms with E-state index in [-0.39, 0.29) is 29.8 Å². The SMILES string of the molecule is Cc1nc(N)nc(N2CCN(CCO)CC2)c1[N+](=O)[O-]. The Balaban J connectivity index is 2.23. The molecule has 2 heterocycles. The number of nitrogens with two attached hydrogens (primary N) is 1. The number of β-amino-alcohol motifs (C(OH)–C–C–N with tert-alkyl or cyclic N) is 1. The summed E-state index contributed by atoms with van der Waals surface area (Å²) in [4.78, 5) is 22.5. The molecule has 1 fully saturated rings. The number of nitro groups is 1. The molecule has 0 aliphatic carbocycles. The monoisotopic (exact) mass is 282 g/mol. The van der Waals surface area contributed by atoms with Gasteiger partial charge in [0.1, 0.15) is 5.69 Å². The lowest BCUT2D eigenvalue weighted by Gasteiger charge is -2.34. The van der Waals surface area contributed by atoms with Crippen molar-refractivity contribution in [2.75, 3.05) is 50.0 Å². The molecule has 0 unspecified atom stereocenters. The van der Waals surface area contributed by atoms with E-state index in [9.17, 15) is 10.1 Å². The minimum Gasteiger partial charge on any atom is -0.395 e. The topological polar surface area (TPSA) is 122 Å². The highest BCUT2D eigenvalue weighted by molar-refractivity contribution is 5.62. The zero-order valence-electron chi connectivity index (χ0n) is 11.3. The van der Waals surface area contributed by atoms with Gasteiger partial charge in [-0.1, -0.05) is 0 Å². The summed E-state index contributed by atoms with van der Waals surface area (Å²) in [7, 11) is 0. The summed E-state index contributed by atoms with van der Waals surface area (Å²) in [5.74, 6) is 0.324. The highest BCUT2D eigenvalue weighted by Crippen LogP contribution is 2.29. The van der Waals surface area contributed by atoms with Crippen LogP contribution in [0.15, 0.2) is 0 Å². The number of aliphatic hydroxyl groups is 1. The van der Waals surface area contributed by atoms with Gasteiger partial charge in [0.25, 0.3) is 0 Å². The Morgan fingerprint density at radius 3 is 2.55 bits per heavy atom. The Kier molecular flexibility index (Phi) is 4.30. The summed E-state index contributed by atoms with van der Waals surface area (Å²) >= 11 is 0. The van der Waals surface area contributed by atoms with Gasteiger partial charge in [-0.15, -0.1) is 0 Å². The maximum absolute atomic E-state index is 11.2. The zero-order valence-corrected chi connectivity index (χ0v) is 11.3. The normalized spacial score (nSPS) is 16.4. The molecule has 110 valence electrons. The van der Waals surface area contributed by atoms with Crippen LogP contribution in [0, 0.1) is 17.0 Å². The Hall–Kier alpha value is -2.00. The van der Waals surface area contributed by atoms with Crippen LogP contribution in [0.1, 0.15) is 5.69 Å². The fourth-order valence-corrected chi connectivity index (χ4v) is 2.33. The van der Waals surface area contributed by atoms with Crippen molar-refractivity contribution in [2.45, 2.75) is 6.92 Å². The number of nitrogens with zero attached hydrogens (tertiary/aromatic N) is 5. The number of nitrogen functional groups attached to an aromatic ring is 1. The maximum Gasteiger partial charge on any atom is 0.332 e. The van der Waals surface area contributed by atoms with Crippen molar-refractivity contribution < 1.29 is 10.0 Å². The molecular weight excluding hydrogens is 264 g/mol. The summed E-state index contributed by atoms with van der Waals surface area (Å²) in [6, 6.07) is 0. The average Bonchev–Trinajstić information content (AvgIpc) is 2.38. The van der Waals surface area contributed by atoms with E-state index in [1.54, 1.807) is 6.92 Å². The second-order valence-corrected chi connectivity index (χ2v) is 4.65. The predicted octanol–water partition coefficient (Wildman–Crippen LogP) is -0.610. The number of aliphatic hydroxyl groups excluding tert-OH is 1. The van der Waals surface area contributed by atoms with E-state index in [0.29, 0.717) is 19.6 Å². The van der Waals surface area contributed by atoms with Gasteiger partial charge >= 0.3 is 5.69 Å². The van der Waals surface area contributed by atoms with Crippen LogP contribution in [0.5, 0.6) is 0 Å². The van der Waals surface area contributed by atoms with E-state index in [2.05, 4.69) is 14.9 Å². The summed E-state index contributed by atoms with van der Waals surface area (Å²) in [5, 5.41) is 20.1. The first-order valence-electron chi connectivity index (χ1n) is 6.39. The fraction of sp³-hybridized carbons (Fsp3) is 0.636. The Labute approximate surface area is 116 Å². The fourth-order valence-electron chi connectivity index (χ4n) is 2.33. The smallest absolute Gasteiger partial charge is 0.332 e. The molecule has 0 aromatic carbocycles. The van der Waals surface area contributed by atoms with Gasteiger partial charge in [-0.3, -0.25) is 15.0 Å². The van der Waals surface area contributed by atoms with E-state index in [0.717, 1.165) is 13.1 Å². The molecular formula is C11H18N6O3. The molecule has 20 heavy (non-hydrogen) atoms. The molecule has 1 aliphatic rings. The van der Waals surface area contributed by atoms with Gasteiger partial charge in [-0.05, 0) is 6.92 Å². The van der Waals surface area contributed by atoms with Crippen LogP contribution in [0.2, 0.25) is 0 Å². The number of aromatic nitrogens is 2. The van der Waals surface area contributed by atoms with Crippen LogP contribution < -0.4 is 10.6 Å². The second kappa shape index (κ2) is 5.97. The molecule has 0 atom stereocenters. The predicted molar refractivity (Wildman–Crippen MR) is 73.6 cm³/mol. The highest BCUT2D eigenvalue weighted by Gasteiger charge is 2.28. The second-order valence-electron chi connectivity index (χ2n) is 4.65. The number of hydrogen-bond acceptors (Lipinski definition) is 8. The van der Waals surface area contributed by atoms with Crippen LogP contribution in [0.25, 0.3) is 0 Å². The Morgan fingerprint density at radius 1 is 1.35 bits per heavy atom. The van der Waals surface area contributed by atoms with Crippen LogP contribution in [-0.2, 0) is 0 Å². The van der Waals surface area contributed by atoms with Crippen LogP contribution in [0.4, 0.5) is 17.5 Å². The summed E-state index contributed by atoms with van der Waals surface area (Å²) in [6.07, 6.45) is 0. The number of rotatable bonds is 4. The molecule has 3 N–H and O–H groups in total. The third-order valence-electron chi connectivity index (χ3n) is 3.33. The van der Waals surface area contributed by atoms with Gasteiger partial charge in [-0.25, -0.2) is 4.98 Å². The summed E-state index contributed by atoms with van der Waals surface area (Å²) in [6.45, 7) is 4.94. The van der Waals surface area contributed by atoms with Gasteiger partial charge in [0.2, 0.25) is 11.8 Å². The quantitative estimate of drug-likeness (QED) is 0.554. The minimum atomic E-state index is -0.468. The lowest BCUT2D eigenvalue weighted by Crippen LogP contribution is -2.47. The Bertz CT molecular complexity index is 501. The number of piperazine rings is 1. The lowest BCUT2D eigenvalue weighted by molar-refractivity contribution is -0.385. The molecule has 9 heteroatoms. The van der Waals surface area contributed by atoms with Gasteiger partial charge in [0, 0.05) is 32.7 Å². The molecule has 9 nitrogen and oxygen atoms in total. The van der Waals surface area contributed by atoms with Crippen molar-refractivity contribution in [2.24, 2.45) is 0 Å². The molecule has 0 radical (unpaired) electrons. The van der Waals surface area contributed by atoms with E-state index < -0.39 is 4.92 Å². The highest BCUT2D eigenvalue weighted by atomic mass is 16.6. The number of anilines is 2. The first-order valence-corrected chi connectivity index (χ1v) is 6.39. The first kappa shape index (κ1) is 14.4. The Morgan fingerprint density at radius 2 is 2.00 bits per heavy atom. The van der Waals surface area contributed by atoms with Crippen LogP contribution in [0.3, 0.4) is 0 Å². The molecule has 1 saturated heterocycles. The lowest BCUT2D eigenvalue weighted by atomic mass is 10.2. The van der Waals surface area contributed by atoms with Crippen molar-refractivity contribution in [3.05, 3.63) is 15.8 Å².